The van der Waals surface area contributed by atoms with E-state index >= 15 is 0 Å². The Hall–Kier alpha value is -2.55. The number of alkyl halides is 3. The maximum atomic E-state index is 13.9. The van der Waals surface area contributed by atoms with Crippen LogP contribution in [0.15, 0.2) is 18.2 Å². The Morgan fingerprint density at radius 1 is 1.25 bits per heavy atom. The van der Waals surface area contributed by atoms with Crippen LogP contribution in [0, 0.1) is 10.8 Å². The van der Waals surface area contributed by atoms with E-state index in [0.717, 1.165) is 32.5 Å². The second-order valence-electron chi connectivity index (χ2n) is 12.4. The molecule has 4 rings (SSSR count). The Morgan fingerprint density at radius 2 is 1.97 bits per heavy atom. The maximum Gasteiger partial charge on any atom is 0.435 e. The Kier molecular flexibility index (Phi) is 6.92. The Labute approximate surface area is 211 Å². The molecule has 0 bridgehead atoms. The van der Waals surface area contributed by atoms with Crippen LogP contribution < -0.4 is 11.1 Å². The molecule has 2 heterocycles. The molecule has 1 amide bonds. The van der Waals surface area contributed by atoms with E-state index in [-0.39, 0.29) is 22.4 Å². The average Bonchev–Trinajstić information content (AvgIpc) is 3.10. The first-order valence-electron chi connectivity index (χ1n) is 12.7. The molecular formula is C27H38F3N5O. The fourth-order valence-corrected chi connectivity index (χ4v) is 5.58. The van der Waals surface area contributed by atoms with Crippen molar-refractivity contribution in [1.29, 1.82) is 0 Å². The van der Waals surface area contributed by atoms with Crippen molar-refractivity contribution in [2.24, 2.45) is 16.6 Å². The van der Waals surface area contributed by atoms with Gasteiger partial charge < -0.3 is 16.0 Å². The monoisotopic (exact) mass is 505 g/mol. The molecule has 1 unspecified atom stereocenters. The second kappa shape index (κ2) is 9.39. The van der Waals surface area contributed by atoms with Crippen LogP contribution in [0.3, 0.4) is 0 Å². The fraction of sp³-hybridized carbons (Fsp3) is 0.630. The highest BCUT2D eigenvalue weighted by Crippen LogP contribution is 2.42. The van der Waals surface area contributed by atoms with Crippen molar-refractivity contribution in [1.82, 2.24) is 14.7 Å². The number of anilines is 1. The highest BCUT2D eigenvalue weighted by Gasteiger charge is 2.42. The summed E-state index contributed by atoms with van der Waals surface area (Å²) in [6.45, 7) is 13.6. The molecule has 0 radical (unpaired) electrons. The molecule has 0 saturated carbocycles. The van der Waals surface area contributed by atoms with Gasteiger partial charge in [-0.2, -0.15) is 18.3 Å². The van der Waals surface area contributed by atoms with Gasteiger partial charge in [0, 0.05) is 36.1 Å². The van der Waals surface area contributed by atoms with Gasteiger partial charge in [0.05, 0.1) is 11.3 Å². The summed E-state index contributed by atoms with van der Waals surface area (Å²) in [4.78, 5) is 14.6. The van der Waals surface area contributed by atoms with E-state index < -0.39 is 17.8 Å². The number of likely N-dealkylation sites (tertiary alicyclic amines) is 1. The molecule has 1 aromatic carbocycles. The SMILES string of the molecule is CC(C)(C)CN1CCCC(Nc2cc(-n3nc(C(F)(F)F)c4c3CC(C)(C)CC4)ccc2C(N)=O)C1. The number of nitrogens with one attached hydrogen (secondary N) is 1. The molecule has 1 atom stereocenters. The molecule has 36 heavy (non-hydrogen) atoms. The van der Waals surface area contributed by atoms with Crippen LogP contribution in [0.5, 0.6) is 0 Å². The summed E-state index contributed by atoms with van der Waals surface area (Å²) < 4.78 is 43.0. The van der Waals surface area contributed by atoms with Crippen molar-refractivity contribution in [3.63, 3.8) is 0 Å². The third kappa shape index (κ3) is 5.88. The first kappa shape index (κ1) is 26.5. The zero-order chi connectivity index (χ0) is 26.5. The molecule has 1 aliphatic heterocycles. The van der Waals surface area contributed by atoms with Crippen LogP contribution in [0.1, 0.15) is 81.2 Å². The predicted octanol–water partition coefficient (Wildman–Crippen LogP) is 5.43. The largest absolute Gasteiger partial charge is 0.435 e. The number of carbonyl (C=O) groups is 1. The molecule has 1 aromatic heterocycles. The number of aromatic nitrogens is 2. The molecule has 3 N–H and O–H groups in total. The lowest BCUT2D eigenvalue weighted by Crippen LogP contribution is -2.45. The number of hydrogen-bond acceptors (Lipinski definition) is 4. The fourth-order valence-electron chi connectivity index (χ4n) is 5.58. The van der Waals surface area contributed by atoms with Gasteiger partial charge >= 0.3 is 6.18 Å². The summed E-state index contributed by atoms with van der Waals surface area (Å²) in [5.41, 5.74) is 7.12. The number of benzene rings is 1. The van der Waals surface area contributed by atoms with Gasteiger partial charge in [0.15, 0.2) is 5.69 Å². The number of nitrogens with zero attached hydrogens (tertiary/aromatic N) is 3. The van der Waals surface area contributed by atoms with Gasteiger partial charge in [-0.05, 0) is 67.7 Å². The zero-order valence-electron chi connectivity index (χ0n) is 21.9. The van der Waals surface area contributed by atoms with Crippen molar-refractivity contribution in [3.05, 3.63) is 40.7 Å². The first-order chi connectivity index (χ1) is 16.6. The lowest BCUT2D eigenvalue weighted by atomic mass is 9.76. The number of rotatable bonds is 5. The second-order valence-corrected chi connectivity index (χ2v) is 12.4. The molecule has 1 saturated heterocycles. The van der Waals surface area contributed by atoms with Crippen molar-refractivity contribution in [3.8, 4) is 5.69 Å². The van der Waals surface area contributed by atoms with Gasteiger partial charge in [-0.25, -0.2) is 4.68 Å². The van der Waals surface area contributed by atoms with Crippen LogP contribution in [-0.2, 0) is 19.0 Å². The molecule has 1 aliphatic carbocycles. The van der Waals surface area contributed by atoms with Crippen LogP contribution in [0.4, 0.5) is 18.9 Å². The average molecular weight is 506 g/mol. The molecule has 9 heteroatoms. The molecule has 1 fully saturated rings. The quantitative estimate of drug-likeness (QED) is 0.568. The standard InChI is InChI=1S/C27H38F3N5O/c1-25(2,3)16-34-12-6-7-17(15-34)32-21-13-18(8-9-19(21)24(31)36)35-22-14-26(4,5)11-10-20(22)23(33-35)27(28,29)30/h8-9,13,17,32H,6-7,10-12,14-16H2,1-5H3,(H2,31,36). The molecule has 6 nitrogen and oxygen atoms in total. The minimum Gasteiger partial charge on any atom is -0.380 e. The van der Waals surface area contributed by atoms with E-state index in [9.17, 15) is 18.0 Å². The van der Waals surface area contributed by atoms with Crippen LogP contribution in [-0.4, -0.2) is 46.3 Å². The summed E-state index contributed by atoms with van der Waals surface area (Å²) in [5, 5.41) is 7.54. The summed E-state index contributed by atoms with van der Waals surface area (Å²) in [7, 11) is 0. The van der Waals surface area contributed by atoms with Gasteiger partial charge in [0.1, 0.15) is 0 Å². The number of amides is 1. The number of nitrogens with two attached hydrogens (primary N) is 1. The van der Waals surface area contributed by atoms with Crippen LogP contribution in [0.25, 0.3) is 5.69 Å². The summed E-state index contributed by atoms with van der Waals surface area (Å²) in [5.74, 6) is -0.578. The van der Waals surface area contributed by atoms with E-state index in [0.29, 0.717) is 41.9 Å². The van der Waals surface area contributed by atoms with Crippen molar-refractivity contribution in [2.45, 2.75) is 78.9 Å². The Morgan fingerprint density at radius 3 is 2.61 bits per heavy atom. The summed E-state index contributed by atoms with van der Waals surface area (Å²) in [6.07, 6.45) is -1.05. The van der Waals surface area contributed by atoms with E-state index in [1.807, 2.05) is 0 Å². The number of carbonyl (C=O) groups excluding carboxylic acids is 1. The molecule has 2 aromatic rings. The van der Waals surface area contributed by atoms with E-state index in [1.165, 1.54) is 4.68 Å². The number of piperidine rings is 1. The molecule has 198 valence electrons. The van der Waals surface area contributed by atoms with Gasteiger partial charge in [0.2, 0.25) is 0 Å². The Balaban J connectivity index is 1.70. The highest BCUT2D eigenvalue weighted by atomic mass is 19.4. The predicted molar refractivity (Wildman–Crippen MR) is 135 cm³/mol. The van der Waals surface area contributed by atoms with Crippen molar-refractivity contribution in [2.75, 3.05) is 25.0 Å². The summed E-state index contributed by atoms with van der Waals surface area (Å²) in [6, 6.07) is 5.04. The van der Waals surface area contributed by atoms with E-state index in [1.54, 1.807) is 18.2 Å². The van der Waals surface area contributed by atoms with Crippen LogP contribution in [0.2, 0.25) is 0 Å². The molecule has 2 aliphatic rings. The number of fused-ring (bicyclic) bond motifs is 1. The minimum absolute atomic E-state index is 0.102. The zero-order valence-corrected chi connectivity index (χ0v) is 21.9. The first-order valence-corrected chi connectivity index (χ1v) is 12.7. The van der Waals surface area contributed by atoms with Gasteiger partial charge in [0.25, 0.3) is 5.91 Å². The normalized spacial score (nSPS) is 20.7. The van der Waals surface area contributed by atoms with Gasteiger partial charge in [-0.1, -0.05) is 34.6 Å². The Bertz CT molecular complexity index is 1130. The van der Waals surface area contributed by atoms with E-state index in [2.05, 4.69) is 49.9 Å². The minimum atomic E-state index is -4.52. The third-order valence-corrected chi connectivity index (χ3v) is 7.13. The highest BCUT2D eigenvalue weighted by molar-refractivity contribution is 5.99. The van der Waals surface area contributed by atoms with Gasteiger partial charge in [-0.3, -0.25) is 4.79 Å². The van der Waals surface area contributed by atoms with Crippen LogP contribution >= 0.6 is 0 Å². The molecular weight excluding hydrogens is 467 g/mol. The molecule has 0 spiro atoms. The van der Waals surface area contributed by atoms with Crippen molar-refractivity contribution < 1.29 is 18.0 Å². The smallest absolute Gasteiger partial charge is 0.380 e. The lowest BCUT2D eigenvalue weighted by Gasteiger charge is -2.37. The topological polar surface area (TPSA) is 76.2 Å². The number of halogens is 3. The van der Waals surface area contributed by atoms with Crippen molar-refractivity contribution >= 4 is 11.6 Å². The number of primary amides is 1. The summed E-state index contributed by atoms with van der Waals surface area (Å²) >= 11 is 0. The van der Waals surface area contributed by atoms with Gasteiger partial charge in [-0.15, -0.1) is 0 Å². The van der Waals surface area contributed by atoms with E-state index in [4.69, 9.17) is 5.73 Å². The lowest BCUT2D eigenvalue weighted by molar-refractivity contribution is -0.142. The third-order valence-electron chi connectivity index (χ3n) is 7.13. The maximum absolute atomic E-state index is 13.9. The number of hydrogen-bond donors (Lipinski definition) is 2.